The zero-order chi connectivity index (χ0) is 25.1. The van der Waals surface area contributed by atoms with E-state index in [1.807, 2.05) is 62.4 Å². The van der Waals surface area contributed by atoms with Gasteiger partial charge in [-0.3, -0.25) is 0 Å². The predicted octanol–water partition coefficient (Wildman–Crippen LogP) is 6.50. The Labute approximate surface area is 205 Å². The number of hydrazine groups is 2. The SMILES string of the molecule is C=C.CC.CN.c1ccc(NNNC(c2ccccc2)(c2ccccc2)c2ccccc2)cc1. The van der Waals surface area contributed by atoms with Crippen LogP contribution in [0.2, 0.25) is 0 Å². The third kappa shape index (κ3) is 7.42. The molecule has 4 rings (SSSR count). The van der Waals surface area contributed by atoms with Crippen molar-refractivity contribution in [3.63, 3.8) is 0 Å². The van der Waals surface area contributed by atoms with Gasteiger partial charge in [0.05, 0.1) is 5.69 Å². The molecule has 4 aromatic carbocycles. The first kappa shape index (κ1) is 28.3. The van der Waals surface area contributed by atoms with Crippen LogP contribution in [0, 0.1) is 0 Å². The lowest BCUT2D eigenvalue weighted by atomic mass is 9.77. The maximum atomic E-state index is 4.50. The van der Waals surface area contributed by atoms with E-state index in [2.05, 4.69) is 108 Å². The summed E-state index contributed by atoms with van der Waals surface area (Å²) in [6, 6.07) is 41.5. The summed E-state index contributed by atoms with van der Waals surface area (Å²) in [4.78, 5) is 0. The summed E-state index contributed by atoms with van der Waals surface area (Å²) in [5.74, 6) is 0. The number of nitrogens with one attached hydrogen (secondary N) is 3. The average Bonchev–Trinajstić information content (AvgIpc) is 2.96. The van der Waals surface area contributed by atoms with Crippen LogP contribution in [0.1, 0.15) is 30.5 Å². The van der Waals surface area contributed by atoms with Crippen molar-refractivity contribution in [1.82, 2.24) is 11.0 Å². The number of nitrogens with two attached hydrogens (primary N) is 1. The van der Waals surface area contributed by atoms with E-state index in [1.165, 1.54) is 7.05 Å². The topological polar surface area (TPSA) is 62.1 Å². The normalized spacial score (nSPS) is 9.65. The summed E-state index contributed by atoms with van der Waals surface area (Å²) < 4.78 is 0. The van der Waals surface area contributed by atoms with E-state index in [1.54, 1.807) is 0 Å². The second kappa shape index (κ2) is 16.9. The summed E-state index contributed by atoms with van der Waals surface area (Å²) in [6.45, 7) is 10.0. The van der Waals surface area contributed by atoms with E-state index in [0.29, 0.717) is 0 Å². The number of hydrogen-bond acceptors (Lipinski definition) is 4. The molecule has 4 nitrogen and oxygen atoms in total. The molecule has 34 heavy (non-hydrogen) atoms. The molecule has 0 heterocycles. The first-order valence-corrected chi connectivity index (χ1v) is 11.5. The molecule has 178 valence electrons. The van der Waals surface area contributed by atoms with Gasteiger partial charge in [-0.05, 0) is 35.9 Å². The van der Waals surface area contributed by atoms with Gasteiger partial charge < -0.3 is 11.2 Å². The van der Waals surface area contributed by atoms with Gasteiger partial charge >= 0.3 is 0 Å². The first-order chi connectivity index (χ1) is 16.9. The summed E-state index contributed by atoms with van der Waals surface area (Å²) >= 11 is 0. The molecule has 0 aliphatic heterocycles. The minimum absolute atomic E-state index is 0.564. The van der Waals surface area contributed by atoms with Crippen molar-refractivity contribution in [2.45, 2.75) is 19.4 Å². The second-order valence-corrected chi connectivity index (χ2v) is 6.59. The highest BCUT2D eigenvalue weighted by Crippen LogP contribution is 2.36. The summed E-state index contributed by atoms with van der Waals surface area (Å²) in [5, 5.41) is 0. The first-order valence-electron chi connectivity index (χ1n) is 11.5. The van der Waals surface area contributed by atoms with Gasteiger partial charge in [0.15, 0.2) is 0 Å². The molecule has 4 heteroatoms. The monoisotopic (exact) mass is 454 g/mol. The highest BCUT2D eigenvalue weighted by molar-refractivity contribution is 5.49. The van der Waals surface area contributed by atoms with Crippen molar-refractivity contribution >= 4 is 5.69 Å². The number of hydrogen-bond donors (Lipinski definition) is 4. The second-order valence-electron chi connectivity index (χ2n) is 6.59. The van der Waals surface area contributed by atoms with E-state index in [0.717, 1.165) is 22.4 Å². The molecular weight excluding hydrogens is 416 g/mol. The zero-order valence-corrected chi connectivity index (χ0v) is 20.5. The fraction of sp³-hybridized carbons (Fsp3) is 0.133. The largest absolute Gasteiger partial charge is 0.333 e. The number of rotatable bonds is 7. The minimum atomic E-state index is -0.564. The van der Waals surface area contributed by atoms with Gasteiger partial charge in [0.25, 0.3) is 0 Å². The lowest BCUT2D eigenvalue weighted by Gasteiger charge is -2.37. The molecule has 0 unspecified atom stereocenters. The fourth-order valence-corrected chi connectivity index (χ4v) is 3.50. The van der Waals surface area contributed by atoms with Crippen LogP contribution in [0.15, 0.2) is 134 Å². The molecule has 4 aromatic rings. The van der Waals surface area contributed by atoms with Crippen molar-refractivity contribution in [2.24, 2.45) is 5.73 Å². The van der Waals surface area contributed by atoms with Gasteiger partial charge in [0.1, 0.15) is 5.54 Å². The van der Waals surface area contributed by atoms with Crippen LogP contribution in [0.5, 0.6) is 0 Å². The highest BCUT2D eigenvalue weighted by atomic mass is 15.6. The fourth-order valence-electron chi connectivity index (χ4n) is 3.50. The summed E-state index contributed by atoms with van der Waals surface area (Å²) in [5.41, 5.74) is 18.4. The molecule has 0 spiro atoms. The van der Waals surface area contributed by atoms with E-state index < -0.39 is 5.54 Å². The molecule has 5 N–H and O–H groups in total. The average molecular weight is 455 g/mol. The minimum Gasteiger partial charge on any atom is -0.333 e. The van der Waals surface area contributed by atoms with Gasteiger partial charge in [0, 0.05) is 0 Å². The molecule has 0 saturated heterocycles. The van der Waals surface area contributed by atoms with Crippen molar-refractivity contribution in [3.8, 4) is 0 Å². The summed E-state index contributed by atoms with van der Waals surface area (Å²) in [6.07, 6.45) is 0. The van der Waals surface area contributed by atoms with E-state index in [4.69, 9.17) is 0 Å². The van der Waals surface area contributed by atoms with Gasteiger partial charge in [0.2, 0.25) is 0 Å². The van der Waals surface area contributed by atoms with Crippen LogP contribution in [0.25, 0.3) is 0 Å². The molecule has 0 bridgehead atoms. The van der Waals surface area contributed by atoms with Gasteiger partial charge in [-0.15, -0.1) is 13.2 Å². The highest BCUT2D eigenvalue weighted by Gasteiger charge is 2.36. The quantitative estimate of drug-likeness (QED) is 0.146. The van der Waals surface area contributed by atoms with Crippen LogP contribution >= 0.6 is 0 Å². The molecule has 0 aliphatic rings. The van der Waals surface area contributed by atoms with Crippen molar-refractivity contribution in [1.29, 1.82) is 0 Å². The Bertz CT molecular complexity index is 894. The van der Waals surface area contributed by atoms with Gasteiger partial charge in [-0.25, -0.2) is 5.43 Å². The van der Waals surface area contributed by atoms with Crippen molar-refractivity contribution < 1.29 is 0 Å². The predicted molar refractivity (Wildman–Crippen MR) is 148 cm³/mol. The maximum absolute atomic E-state index is 4.50. The molecule has 0 amide bonds. The molecule has 0 radical (unpaired) electrons. The third-order valence-corrected chi connectivity index (χ3v) is 4.85. The Morgan fingerprint density at radius 2 is 0.824 bits per heavy atom. The molecule has 0 aromatic heterocycles. The molecule has 0 atom stereocenters. The van der Waals surface area contributed by atoms with Crippen molar-refractivity contribution in [2.75, 3.05) is 12.5 Å². The van der Waals surface area contributed by atoms with Crippen LogP contribution in [0.4, 0.5) is 5.69 Å². The lowest BCUT2D eigenvalue weighted by molar-refractivity contribution is 0.417. The lowest BCUT2D eigenvalue weighted by Crippen LogP contribution is -2.53. The van der Waals surface area contributed by atoms with Crippen LogP contribution in [-0.4, -0.2) is 7.05 Å². The Morgan fingerprint density at radius 3 is 1.15 bits per heavy atom. The molecule has 0 aliphatic carbocycles. The van der Waals surface area contributed by atoms with Crippen LogP contribution in [-0.2, 0) is 5.54 Å². The Morgan fingerprint density at radius 1 is 0.529 bits per heavy atom. The molecule has 0 fully saturated rings. The van der Waals surface area contributed by atoms with Crippen molar-refractivity contribution in [3.05, 3.63) is 151 Å². The third-order valence-electron chi connectivity index (χ3n) is 4.85. The molecular formula is C30H38N4. The zero-order valence-electron chi connectivity index (χ0n) is 20.5. The number of benzene rings is 4. The Hall–Kier alpha value is -3.70. The number of para-hydroxylation sites is 1. The van der Waals surface area contributed by atoms with Crippen LogP contribution < -0.4 is 22.1 Å². The Balaban J connectivity index is 0.000000894. The van der Waals surface area contributed by atoms with Gasteiger partial charge in [-0.2, -0.15) is 5.53 Å². The maximum Gasteiger partial charge on any atom is 0.109 e. The molecule has 0 saturated carbocycles. The van der Waals surface area contributed by atoms with E-state index in [-0.39, 0.29) is 0 Å². The summed E-state index contributed by atoms with van der Waals surface area (Å²) in [7, 11) is 1.50. The van der Waals surface area contributed by atoms with Gasteiger partial charge in [-0.1, -0.05) is 123 Å². The Kier molecular flexibility index (Phi) is 14.1. The van der Waals surface area contributed by atoms with E-state index in [9.17, 15) is 0 Å². The van der Waals surface area contributed by atoms with Crippen LogP contribution in [0.3, 0.4) is 0 Å². The standard InChI is InChI=1S/C25H23N3.C2H6.C2H4.CH5N/c1-5-13-21(14-6-1)25(22-15-7-2-8-16-22,23-17-9-3-10-18-23)27-28-26-24-19-11-4-12-20-24;3*1-2/h1-20,26-28H;1-2H3;1-2H2;2H2,1H3. The van der Waals surface area contributed by atoms with E-state index >= 15 is 0 Å². The smallest absolute Gasteiger partial charge is 0.109 e. The number of anilines is 1.